The molecule has 96 valence electrons. The molecule has 17 heavy (non-hydrogen) atoms. The van der Waals surface area contributed by atoms with Crippen LogP contribution in [0.1, 0.15) is 19.3 Å². The molecule has 0 radical (unpaired) electrons. The molecule has 2 atom stereocenters. The Hall–Kier alpha value is -1.36. The number of hydrogen-bond donors (Lipinski definition) is 3. The van der Waals surface area contributed by atoms with E-state index in [-0.39, 0.29) is 24.3 Å². The molecule has 3 N–H and O–H groups in total. The van der Waals surface area contributed by atoms with Gasteiger partial charge in [0.2, 0.25) is 5.91 Å². The van der Waals surface area contributed by atoms with E-state index in [1.807, 2.05) is 0 Å². The SMILES string of the molecule is C=CCNCC(=O)NCC1CCCC1C(=O)O. The van der Waals surface area contributed by atoms with Gasteiger partial charge < -0.3 is 15.7 Å². The van der Waals surface area contributed by atoms with Crippen molar-refractivity contribution in [2.45, 2.75) is 19.3 Å². The number of carbonyl (C=O) groups excluding carboxylic acids is 1. The third-order valence-electron chi connectivity index (χ3n) is 3.11. The molecule has 5 nitrogen and oxygen atoms in total. The van der Waals surface area contributed by atoms with Crippen LogP contribution in [0.3, 0.4) is 0 Å². The van der Waals surface area contributed by atoms with Crippen molar-refractivity contribution in [3.63, 3.8) is 0 Å². The predicted octanol–water partition coefficient (Wildman–Crippen LogP) is 0.379. The Labute approximate surface area is 101 Å². The summed E-state index contributed by atoms with van der Waals surface area (Å²) in [5, 5.41) is 14.7. The maximum atomic E-state index is 11.4. The number of carboxylic acids is 1. The first-order valence-electron chi connectivity index (χ1n) is 5.96. The van der Waals surface area contributed by atoms with Crippen LogP contribution >= 0.6 is 0 Å². The van der Waals surface area contributed by atoms with Gasteiger partial charge in [-0.1, -0.05) is 12.5 Å². The number of hydrogen-bond acceptors (Lipinski definition) is 3. The van der Waals surface area contributed by atoms with Crippen LogP contribution in [0.4, 0.5) is 0 Å². The molecule has 0 aromatic carbocycles. The van der Waals surface area contributed by atoms with Crippen molar-refractivity contribution in [2.75, 3.05) is 19.6 Å². The zero-order chi connectivity index (χ0) is 12.7. The van der Waals surface area contributed by atoms with Gasteiger partial charge in [0.25, 0.3) is 0 Å². The molecule has 0 spiro atoms. The average Bonchev–Trinajstić information content (AvgIpc) is 2.75. The standard InChI is InChI=1S/C12H20N2O3/c1-2-6-13-8-11(15)14-7-9-4-3-5-10(9)12(16)17/h2,9-10,13H,1,3-8H2,(H,14,15)(H,16,17). The van der Waals surface area contributed by atoms with Crippen molar-refractivity contribution >= 4 is 11.9 Å². The molecule has 1 fully saturated rings. The van der Waals surface area contributed by atoms with Crippen LogP contribution in [-0.4, -0.2) is 36.6 Å². The quantitative estimate of drug-likeness (QED) is 0.444. The number of rotatable bonds is 7. The van der Waals surface area contributed by atoms with E-state index in [1.165, 1.54) is 0 Å². The number of aliphatic carboxylic acids is 1. The fourth-order valence-electron chi connectivity index (χ4n) is 2.20. The van der Waals surface area contributed by atoms with Gasteiger partial charge in [-0.25, -0.2) is 0 Å². The second-order valence-corrected chi connectivity index (χ2v) is 4.36. The van der Waals surface area contributed by atoms with Crippen LogP contribution < -0.4 is 10.6 Å². The normalized spacial score (nSPS) is 23.3. The third-order valence-corrected chi connectivity index (χ3v) is 3.11. The van der Waals surface area contributed by atoms with Crippen molar-refractivity contribution in [2.24, 2.45) is 11.8 Å². The zero-order valence-corrected chi connectivity index (χ0v) is 9.95. The Morgan fingerprint density at radius 1 is 1.41 bits per heavy atom. The van der Waals surface area contributed by atoms with Crippen molar-refractivity contribution < 1.29 is 14.7 Å². The van der Waals surface area contributed by atoms with Crippen molar-refractivity contribution in [3.05, 3.63) is 12.7 Å². The average molecular weight is 240 g/mol. The number of nitrogens with one attached hydrogen (secondary N) is 2. The first-order valence-corrected chi connectivity index (χ1v) is 5.96. The summed E-state index contributed by atoms with van der Waals surface area (Å²) in [4.78, 5) is 22.3. The fourth-order valence-corrected chi connectivity index (χ4v) is 2.20. The Balaban J connectivity index is 2.23. The molecule has 0 aromatic rings. The van der Waals surface area contributed by atoms with E-state index in [0.717, 1.165) is 19.3 Å². The van der Waals surface area contributed by atoms with Gasteiger partial charge in [0.05, 0.1) is 12.5 Å². The fraction of sp³-hybridized carbons (Fsp3) is 0.667. The topological polar surface area (TPSA) is 78.4 Å². The van der Waals surface area contributed by atoms with Gasteiger partial charge in [-0.05, 0) is 18.8 Å². The number of amides is 1. The van der Waals surface area contributed by atoms with Gasteiger partial charge in [-0.3, -0.25) is 9.59 Å². The minimum absolute atomic E-state index is 0.0795. The number of carboxylic acid groups (broad SMARTS) is 1. The Morgan fingerprint density at radius 2 is 2.18 bits per heavy atom. The lowest BCUT2D eigenvalue weighted by Gasteiger charge is -2.16. The minimum atomic E-state index is -0.744. The molecule has 0 aliphatic heterocycles. The van der Waals surface area contributed by atoms with E-state index in [1.54, 1.807) is 6.08 Å². The maximum Gasteiger partial charge on any atom is 0.306 e. The molecular weight excluding hydrogens is 220 g/mol. The summed E-state index contributed by atoms with van der Waals surface area (Å²) in [6, 6.07) is 0. The van der Waals surface area contributed by atoms with Crippen LogP contribution in [0.2, 0.25) is 0 Å². The Kier molecular flexibility index (Phi) is 5.69. The summed E-state index contributed by atoms with van der Waals surface area (Å²) in [6.07, 6.45) is 4.23. The molecule has 0 heterocycles. The highest BCUT2D eigenvalue weighted by Crippen LogP contribution is 2.31. The van der Waals surface area contributed by atoms with Crippen LogP contribution in [-0.2, 0) is 9.59 Å². The van der Waals surface area contributed by atoms with E-state index in [2.05, 4.69) is 17.2 Å². The molecule has 1 rings (SSSR count). The van der Waals surface area contributed by atoms with E-state index in [4.69, 9.17) is 5.11 Å². The highest BCUT2D eigenvalue weighted by molar-refractivity contribution is 5.78. The summed E-state index contributed by atoms with van der Waals surface area (Å²) in [6.45, 7) is 4.84. The van der Waals surface area contributed by atoms with Crippen LogP contribution in [0.15, 0.2) is 12.7 Å². The lowest BCUT2D eigenvalue weighted by Crippen LogP contribution is -2.38. The second-order valence-electron chi connectivity index (χ2n) is 4.36. The highest BCUT2D eigenvalue weighted by Gasteiger charge is 2.32. The summed E-state index contributed by atoms with van der Waals surface area (Å²) >= 11 is 0. The van der Waals surface area contributed by atoms with Crippen molar-refractivity contribution in [1.29, 1.82) is 0 Å². The summed E-state index contributed by atoms with van der Waals surface area (Å²) in [5.41, 5.74) is 0. The lowest BCUT2D eigenvalue weighted by molar-refractivity contribution is -0.143. The first-order chi connectivity index (χ1) is 8.15. The maximum absolute atomic E-state index is 11.4. The van der Waals surface area contributed by atoms with Gasteiger partial charge >= 0.3 is 5.97 Å². The van der Waals surface area contributed by atoms with E-state index >= 15 is 0 Å². The lowest BCUT2D eigenvalue weighted by atomic mass is 9.96. The predicted molar refractivity (Wildman–Crippen MR) is 64.5 cm³/mol. The van der Waals surface area contributed by atoms with Gasteiger partial charge in [-0.15, -0.1) is 6.58 Å². The highest BCUT2D eigenvalue weighted by atomic mass is 16.4. The molecule has 2 unspecified atom stereocenters. The smallest absolute Gasteiger partial charge is 0.306 e. The van der Waals surface area contributed by atoms with Gasteiger partial charge in [0.15, 0.2) is 0 Å². The van der Waals surface area contributed by atoms with Crippen molar-refractivity contribution in [3.8, 4) is 0 Å². The van der Waals surface area contributed by atoms with Crippen LogP contribution in [0.25, 0.3) is 0 Å². The van der Waals surface area contributed by atoms with Crippen LogP contribution in [0.5, 0.6) is 0 Å². The largest absolute Gasteiger partial charge is 0.481 e. The molecule has 1 aliphatic rings. The zero-order valence-electron chi connectivity index (χ0n) is 9.95. The molecule has 1 saturated carbocycles. The van der Waals surface area contributed by atoms with Crippen molar-refractivity contribution in [1.82, 2.24) is 10.6 Å². The van der Waals surface area contributed by atoms with Gasteiger partial charge in [0.1, 0.15) is 0 Å². The second kappa shape index (κ2) is 7.06. The van der Waals surface area contributed by atoms with Gasteiger partial charge in [-0.2, -0.15) is 0 Å². The molecule has 1 aliphatic carbocycles. The summed E-state index contributed by atoms with van der Waals surface area (Å²) < 4.78 is 0. The first kappa shape index (κ1) is 13.7. The monoisotopic (exact) mass is 240 g/mol. The Morgan fingerprint density at radius 3 is 2.82 bits per heavy atom. The molecule has 1 amide bonds. The van der Waals surface area contributed by atoms with Gasteiger partial charge in [0, 0.05) is 13.1 Å². The molecular formula is C12H20N2O3. The molecule has 5 heteroatoms. The summed E-state index contributed by atoms with van der Waals surface area (Å²) in [5.74, 6) is -1.05. The molecule has 0 bridgehead atoms. The Bertz CT molecular complexity index is 291. The third kappa shape index (κ3) is 4.56. The minimum Gasteiger partial charge on any atom is -0.481 e. The van der Waals surface area contributed by atoms with E-state index < -0.39 is 5.97 Å². The van der Waals surface area contributed by atoms with Crippen LogP contribution in [0, 0.1) is 11.8 Å². The molecule has 0 saturated heterocycles. The number of carbonyl (C=O) groups is 2. The molecule has 0 aromatic heterocycles. The van der Waals surface area contributed by atoms with E-state index in [9.17, 15) is 9.59 Å². The van der Waals surface area contributed by atoms with E-state index in [0.29, 0.717) is 13.1 Å². The summed E-state index contributed by atoms with van der Waals surface area (Å²) in [7, 11) is 0.